The van der Waals surface area contributed by atoms with Crippen molar-refractivity contribution in [3.63, 3.8) is 0 Å². The summed E-state index contributed by atoms with van der Waals surface area (Å²) < 4.78 is 5.30. The second-order valence-corrected chi connectivity index (χ2v) is 4.01. The minimum Gasteiger partial charge on any atom is -0.482 e. The molecule has 4 heteroatoms. The van der Waals surface area contributed by atoms with E-state index in [0.717, 1.165) is 29.8 Å². The Hall–Kier alpha value is -1.03. The number of halogens is 1. The molecular weight excluding hydrogens is 258 g/mol. The van der Waals surface area contributed by atoms with E-state index in [2.05, 4.69) is 15.9 Å². The van der Waals surface area contributed by atoms with Crippen LogP contribution in [0.2, 0.25) is 0 Å². The molecule has 80 valence electrons. The third-order valence-electron chi connectivity index (χ3n) is 2.60. The maximum absolute atomic E-state index is 11.8. The Kier molecular flexibility index (Phi) is 2.95. The molecule has 1 aromatic carbocycles. The van der Waals surface area contributed by atoms with Crippen molar-refractivity contribution in [1.29, 1.82) is 0 Å². The Morgan fingerprint density at radius 1 is 1.53 bits per heavy atom. The number of ether oxygens (including phenoxy) is 1. The molecule has 0 bridgehead atoms. The van der Waals surface area contributed by atoms with Gasteiger partial charge in [0.05, 0.1) is 0 Å². The van der Waals surface area contributed by atoms with Crippen molar-refractivity contribution in [2.75, 3.05) is 19.1 Å². The minimum absolute atomic E-state index is 0.0799. The molecule has 0 aliphatic carbocycles. The third kappa shape index (κ3) is 2.00. The number of carbonyl (C=O) groups is 1. The first-order chi connectivity index (χ1) is 7.22. The van der Waals surface area contributed by atoms with Crippen molar-refractivity contribution in [3.8, 4) is 5.75 Å². The molecule has 0 aromatic heterocycles. The SMILES string of the molecule is CN1CCc2ccc(OCBr)cc2C1=O. The fourth-order valence-corrected chi connectivity index (χ4v) is 1.99. The molecule has 1 aliphatic rings. The average molecular weight is 270 g/mol. The Morgan fingerprint density at radius 3 is 3.07 bits per heavy atom. The average Bonchev–Trinajstić information content (AvgIpc) is 2.25. The van der Waals surface area contributed by atoms with E-state index in [1.807, 2.05) is 25.2 Å². The highest BCUT2D eigenvalue weighted by molar-refractivity contribution is 9.09. The van der Waals surface area contributed by atoms with Crippen LogP contribution < -0.4 is 4.74 Å². The lowest BCUT2D eigenvalue weighted by Gasteiger charge is -2.24. The Balaban J connectivity index is 2.37. The molecule has 0 fully saturated rings. The zero-order valence-corrected chi connectivity index (χ0v) is 10.1. The highest BCUT2D eigenvalue weighted by Gasteiger charge is 2.21. The van der Waals surface area contributed by atoms with E-state index in [1.54, 1.807) is 4.90 Å². The number of carbonyl (C=O) groups excluding carboxylic acids is 1. The first-order valence-corrected chi connectivity index (χ1v) is 5.91. The van der Waals surface area contributed by atoms with Crippen LogP contribution in [-0.4, -0.2) is 29.9 Å². The minimum atomic E-state index is 0.0799. The van der Waals surface area contributed by atoms with E-state index in [1.165, 1.54) is 0 Å². The summed E-state index contributed by atoms with van der Waals surface area (Å²) in [6.07, 6.45) is 0.923. The molecule has 1 amide bonds. The predicted octanol–water partition coefficient (Wildman–Crippen LogP) is 2.05. The maximum Gasteiger partial charge on any atom is 0.254 e. The molecule has 0 spiro atoms. The van der Waals surface area contributed by atoms with Crippen LogP contribution in [0.25, 0.3) is 0 Å². The lowest BCUT2D eigenvalue weighted by Crippen LogP contribution is -2.34. The number of rotatable bonds is 2. The van der Waals surface area contributed by atoms with Gasteiger partial charge >= 0.3 is 0 Å². The summed E-state index contributed by atoms with van der Waals surface area (Å²) in [6, 6.07) is 5.69. The van der Waals surface area contributed by atoms with E-state index in [-0.39, 0.29) is 5.91 Å². The topological polar surface area (TPSA) is 29.5 Å². The Morgan fingerprint density at radius 2 is 2.33 bits per heavy atom. The van der Waals surface area contributed by atoms with E-state index >= 15 is 0 Å². The van der Waals surface area contributed by atoms with Crippen LogP contribution in [-0.2, 0) is 6.42 Å². The molecule has 2 rings (SSSR count). The van der Waals surface area contributed by atoms with Crippen LogP contribution in [0.3, 0.4) is 0 Å². The van der Waals surface area contributed by atoms with Crippen LogP contribution >= 0.6 is 15.9 Å². The van der Waals surface area contributed by atoms with Gasteiger partial charge in [-0.3, -0.25) is 4.79 Å². The van der Waals surface area contributed by atoms with Crippen LogP contribution in [0.1, 0.15) is 15.9 Å². The monoisotopic (exact) mass is 269 g/mol. The van der Waals surface area contributed by atoms with Crippen molar-refractivity contribution >= 4 is 21.8 Å². The van der Waals surface area contributed by atoms with E-state index in [0.29, 0.717) is 5.52 Å². The van der Waals surface area contributed by atoms with Gasteiger partial charge in [-0.15, -0.1) is 0 Å². The number of amides is 1. The number of hydrogen-bond donors (Lipinski definition) is 0. The molecule has 0 atom stereocenters. The first-order valence-electron chi connectivity index (χ1n) is 4.79. The quantitative estimate of drug-likeness (QED) is 0.770. The molecule has 0 radical (unpaired) electrons. The molecule has 1 aromatic rings. The van der Waals surface area contributed by atoms with Crippen LogP contribution in [0, 0.1) is 0 Å². The van der Waals surface area contributed by atoms with Crippen LogP contribution in [0.15, 0.2) is 18.2 Å². The highest BCUT2D eigenvalue weighted by Crippen LogP contribution is 2.23. The van der Waals surface area contributed by atoms with Gasteiger partial charge in [0.15, 0.2) is 0 Å². The van der Waals surface area contributed by atoms with Gasteiger partial charge in [0.1, 0.15) is 11.3 Å². The summed E-state index contributed by atoms with van der Waals surface area (Å²) in [5.74, 6) is 0.811. The van der Waals surface area contributed by atoms with Crippen molar-refractivity contribution in [2.24, 2.45) is 0 Å². The summed E-state index contributed by atoms with van der Waals surface area (Å²) in [7, 11) is 1.82. The van der Waals surface area contributed by atoms with Crippen LogP contribution in [0.4, 0.5) is 0 Å². The summed E-state index contributed by atoms with van der Waals surface area (Å²) in [5, 5.41) is 0. The van der Waals surface area contributed by atoms with E-state index in [4.69, 9.17) is 4.74 Å². The van der Waals surface area contributed by atoms with Gasteiger partial charge in [-0.25, -0.2) is 0 Å². The molecule has 1 aliphatic heterocycles. The number of alkyl halides is 1. The second-order valence-electron chi connectivity index (χ2n) is 3.55. The molecule has 0 saturated carbocycles. The van der Waals surface area contributed by atoms with Crippen molar-refractivity contribution < 1.29 is 9.53 Å². The maximum atomic E-state index is 11.8. The number of likely N-dealkylation sites (N-methyl/N-ethyl adjacent to an activating group) is 1. The van der Waals surface area contributed by atoms with Crippen molar-refractivity contribution in [1.82, 2.24) is 4.90 Å². The number of benzene rings is 1. The third-order valence-corrected chi connectivity index (χ3v) is 2.83. The molecular formula is C11H12BrNO2. The normalized spacial score (nSPS) is 15.1. The predicted molar refractivity (Wildman–Crippen MR) is 61.5 cm³/mol. The highest BCUT2D eigenvalue weighted by atomic mass is 79.9. The van der Waals surface area contributed by atoms with Gasteiger partial charge in [-0.1, -0.05) is 6.07 Å². The summed E-state index contributed by atoms with van der Waals surface area (Å²) in [6.45, 7) is 0.796. The summed E-state index contributed by atoms with van der Waals surface area (Å²) in [4.78, 5) is 13.6. The molecule has 0 N–H and O–H groups in total. The lowest BCUT2D eigenvalue weighted by atomic mass is 9.99. The standard InChI is InChI=1S/C11H12BrNO2/c1-13-5-4-8-2-3-9(15-7-12)6-10(8)11(13)14/h2-3,6H,4-5,7H2,1H3. The molecule has 15 heavy (non-hydrogen) atoms. The molecule has 1 heterocycles. The van der Waals surface area contributed by atoms with Gasteiger partial charge in [0.25, 0.3) is 5.91 Å². The lowest BCUT2D eigenvalue weighted by molar-refractivity contribution is 0.0780. The Labute approximate surface area is 97.2 Å². The van der Waals surface area contributed by atoms with Gasteiger partial charge in [0.2, 0.25) is 0 Å². The fourth-order valence-electron chi connectivity index (χ4n) is 1.72. The van der Waals surface area contributed by atoms with Gasteiger partial charge in [-0.2, -0.15) is 0 Å². The van der Waals surface area contributed by atoms with Crippen molar-refractivity contribution in [3.05, 3.63) is 29.3 Å². The zero-order chi connectivity index (χ0) is 10.8. The molecule has 3 nitrogen and oxygen atoms in total. The zero-order valence-electron chi connectivity index (χ0n) is 8.50. The first kappa shape index (κ1) is 10.5. The largest absolute Gasteiger partial charge is 0.482 e. The number of fused-ring (bicyclic) bond motifs is 1. The van der Waals surface area contributed by atoms with Gasteiger partial charge in [-0.05, 0) is 40.0 Å². The Bertz CT molecular complexity index is 392. The summed E-state index contributed by atoms with van der Waals surface area (Å²) in [5.41, 5.74) is 2.32. The molecule has 0 saturated heterocycles. The van der Waals surface area contributed by atoms with E-state index in [9.17, 15) is 4.79 Å². The van der Waals surface area contributed by atoms with Crippen molar-refractivity contribution in [2.45, 2.75) is 6.42 Å². The smallest absolute Gasteiger partial charge is 0.254 e. The van der Waals surface area contributed by atoms with Gasteiger partial charge in [0, 0.05) is 19.2 Å². The van der Waals surface area contributed by atoms with Crippen LogP contribution in [0.5, 0.6) is 5.75 Å². The van der Waals surface area contributed by atoms with E-state index < -0.39 is 0 Å². The number of hydrogen-bond acceptors (Lipinski definition) is 2. The van der Waals surface area contributed by atoms with Gasteiger partial charge < -0.3 is 9.64 Å². The summed E-state index contributed by atoms with van der Waals surface area (Å²) >= 11 is 3.19. The molecule has 0 unspecified atom stereocenters. The number of nitrogens with zero attached hydrogens (tertiary/aromatic N) is 1. The second kappa shape index (κ2) is 4.23. The fraction of sp³-hybridized carbons (Fsp3) is 0.364.